The Morgan fingerprint density at radius 1 is 1.14 bits per heavy atom. The van der Waals surface area contributed by atoms with Crippen LogP contribution in [0.25, 0.3) is 0 Å². The fourth-order valence-electron chi connectivity index (χ4n) is 2.84. The summed E-state index contributed by atoms with van der Waals surface area (Å²) in [5, 5.41) is 19.7. The zero-order valence-electron chi connectivity index (χ0n) is 15.0. The summed E-state index contributed by atoms with van der Waals surface area (Å²) in [5.41, 5.74) is 2.67. The summed E-state index contributed by atoms with van der Waals surface area (Å²) >= 11 is 0. The molecule has 3 rings (SSSR count). The second-order valence-electron chi connectivity index (χ2n) is 6.45. The number of benzene rings is 2. The summed E-state index contributed by atoms with van der Waals surface area (Å²) in [7, 11) is -7.47. The van der Waals surface area contributed by atoms with Crippen LogP contribution in [-0.4, -0.2) is 33.3 Å². The van der Waals surface area contributed by atoms with Crippen molar-refractivity contribution in [1.82, 2.24) is 4.72 Å². The van der Waals surface area contributed by atoms with Gasteiger partial charge in [-0.15, -0.1) is 0 Å². The first kappa shape index (κ1) is 19.8. The molecule has 150 valence electrons. The number of nitrogens with one attached hydrogen (secondary N) is 2. The zero-order chi connectivity index (χ0) is 20.7. The second-order valence-corrected chi connectivity index (χ2v) is 9.75. The highest BCUT2D eigenvalue weighted by Crippen LogP contribution is 2.33. The number of aryl methyl sites for hydroxylation is 1. The van der Waals surface area contributed by atoms with Gasteiger partial charge in [-0.1, -0.05) is 23.8 Å². The maximum atomic E-state index is 11.9. The Balaban J connectivity index is 1.93. The number of hydrogen-bond acceptors (Lipinski definition) is 6. The van der Waals surface area contributed by atoms with Crippen LogP contribution in [0.15, 0.2) is 48.5 Å². The highest BCUT2D eigenvalue weighted by molar-refractivity contribution is 7.92. The maximum Gasteiger partial charge on any atom is 0.330 e. The highest BCUT2D eigenvalue weighted by Gasteiger charge is 2.30. The summed E-state index contributed by atoms with van der Waals surface area (Å²) in [6.07, 6.45) is 2.31. The molecule has 0 amide bonds. The van der Waals surface area contributed by atoms with Crippen molar-refractivity contribution in [3.05, 3.63) is 65.2 Å². The molecule has 1 aliphatic heterocycles. The monoisotopic (exact) mass is 425 g/mol. The first-order valence-corrected chi connectivity index (χ1v) is 11.4. The van der Waals surface area contributed by atoms with Crippen molar-refractivity contribution in [2.24, 2.45) is 0 Å². The summed E-state index contributed by atoms with van der Waals surface area (Å²) in [6.45, 7) is 1.87. The van der Waals surface area contributed by atoms with Crippen LogP contribution in [0.5, 0.6) is 5.75 Å². The predicted molar refractivity (Wildman–Crippen MR) is 106 cm³/mol. The van der Waals surface area contributed by atoms with E-state index in [1.807, 2.05) is 17.7 Å². The summed E-state index contributed by atoms with van der Waals surface area (Å²) < 4.78 is 52.1. The third-order valence-corrected chi connectivity index (χ3v) is 5.84. The minimum atomic E-state index is -4.01. The highest BCUT2D eigenvalue weighted by atomic mass is 32.2. The molecule has 0 fully saturated rings. The smallest absolute Gasteiger partial charge is 0.330 e. The first-order chi connectivity index (χ1) is 12.9. The van der Waals surface area contributed by atoms with Crippen LogP contribution in [0.1, 0.15) is 16.7 Å². The van der Waals surface area contributed by atoms with Gasteiger partial charge in [-0.2, -0.15) is 8.42 Å². The average molecular weight is 425 g/mol. The number of sulfonamides is 1. The Hall–Kier alpha value is -2.92. The van der Waals surface area contributed by atoms with Gasteiger partial charge in [0.2, 0.25) is 15.9 Å². The van der Waals surface area contributed by atoms with E-state index in [0.717, 1.165) is 22.3 Å². The zero-order valence-corrected chi connectivity index (χ0v) is 16.7. The number of rotatable bonds is 5. The van der Waals surface area contributed by atoms with E-state index in [4.69, 9.17) is 0 Å². The van der Waals surface area contributed by atoms with E-state index >= 15 is 0 Å². The summed E-state index contributed by atoms with van der Waals surface area (Å²) in [6, 6.07) is 9.67. The standard InChI is InChI=1S/C17H19N3O6S2/c1-11-3-5-14(18-27(2,23)24)13(7-11)8-12-4-6-15(16(21)9-12)20-10-17(22)19-28(20,25)26/h3-7,9-10,18-19,21-22H,8H2,1-2H3. The van der Waals surface area contributed by atoms with E-state index in [1.54, 1.807) is 18.2 Å². The van der Waals surface area contributed by atoms with Gasteiger partial charge in [0.25, 0.3) is 0 Å². The molecule has 0 atom stereocenters. The van der Waals surface area contributed by atoms with Gasteiger partial charge in [-0.25, -0.2) is 17.4 Å². The molecule has 1 heterocycles. The van der Waals surface area contributed by atoms with Crippen molar-refractivity contribution >= 4 is 31.6 Å². The Labute approximate surface area is 163 Å². The SMILES string of the molecule is Cc1ccc(NS(C)(=O)=O)c(Cc2ccc(N3C=C(O)NS3(=O)=O)c(O)c2)c1. The van der Waals surface area contributed by atoms with Crippen molar-refractivity contribution < 1.29 is 27.0 Å². The minimum absolute atomic E-state index is 0.0287. The fraction of sp³-hybridized carbons (Fsp3) is 0.176. The van der Waals surface area contributed by atoms with Gasteiger partial charge >= 0.3 is 10.2 Å². The number of aromatic hydroxyl groups is 1. The molecule has 1 aliphatic rings. The molecule has 0 radical (unpaired) electrons. The lowest BCUT2D eigenvalue weighted by molar-refractivity contribution is 0.392. The van der Waals surface area contributed by atoms with Gasteiger partial charge in [0.05, 0.1) is 18.1 Å². The largest absolute Gasteiger partial charge is 0.506 e. The van der Waals surface area contributed by atoms with Crippen molar-refractivity contribution in [3.63, 3.8) is 0 Å². The topological polar surface area (TPSA) is 136 Å². The van der Waals surface area contributed by atoms with E-state index in [0.29, 0.717) is 23.2 Å². The maximum absolute atomic E-state index is 11.9. The normalized spacial score (nSPS) is 15.8. The number of phenols is 1. The summed E-state index contributed by atoms with van der Waals surface area (Å²) in [5.74, 6) is -0.862. The van der Waals surface area contributed by atoms with E-state index in [2.05, 4.69) is 4.72 Å². The van der Waals surface area contributed by atoms with E-state index < -0.39 is 26.1 Å². The molecule has 28 heavy (non-hydrogen) atoms. The lowest BCUT2D eigenvalue weighted by Gasteiger charge is -2.17. The van der Waals surface area contributed by atoms with Gasteiger partial charge in [-0.3, -0.25) is 4.72 Å². The van der Waals surface area contributed by atoms with Crippen LogP contribution in [0.3, 0.4) is 0 Å². The van der Waals surface area contributed by atoms with Crippen LogP contribution in [0.4, 0.5) is 11.4 Å². The number of anilines is 2. The lowest BCUT2D eigenvalue weighted by atomic mass is 10.0. The Kier molecular flexibility index (Phi) is 4.90. The van der Waals surface area contributed by atoms with Gasteiger partial charge in [0, 0.05) is 0 Å². The molecule has 0 saturated carbocycles. The molecule has 9 nitrogen and oxygen atoms in total. The second kappa shape index (κ2) is 6.91. The predicted octanol–water partition coefficient (Wildman–Crippen LogP) is 1.67. The minimum Gasteiger partial charge on any atom is -0.506 e. The Morgan fingerprint density at radius 3 is 2.43 bits per heavy atom. The number of nitrogens with zero attached hydrogens (tertiary/aromatic N) is 1. The molecule has 0 bridgehead atoms. The van der Waals surface area contributed by atoms with Crippen molar-refractivity contribution in [2.75, 3.05) is 15.3 Å². The van der Waals surface area contributed by atoms with Crippen LogP contribution in [0.2, 0.25) is 0 Å². The van der Waals surface area contributed by atoms with E-state index in [-0.39, 0.29) is 11.4 Å². The van der Waals surface area contributed by atoms with Gasteiger partial charge in [0.15, 0.2) is 0 Å². The van der Waals surface area contributed by atoms with Gasteiger partial charge in [0.1, 0.15) is 11.4 Å². The molecular formula is C17H19N3O6S2. The number of aliphatic hydroxyl groups excluding tert-OH is 1. The molecule has 0 saturated heterocycles. The van der Waals surface area contributed by atoms with Gasteiger partial charge < -0.3 is 10.2 Å². The quantitative estimate of drug-likeness (QED) is 0.575. The molecule has 2 aromatic carbocycles. The Morgan fingerprint density at radius 2 is 1.86 bits per heavy atom. The molecule has 0 unspecified atom stereocenters. The van der Waals surface area contributed by atoms with E-state index in [9.17, 15) is 27.0 Å². The van der Waals surface area contributed by atoms with Crippen LogP contribution >= 0.6 is 0 Å². The van der Waals surface area contributed by atoms with Crippen LogP contribution in [0, 0.1) is 6.92 Å². The third-order valence-electron chi connectivity index (χ3n) is 3.96. The Bertz CT molecular complexity index is 1170. The lowest BCUT2D eigenvalue weighted by Crippen LogP contribution is -2.29. The van der Waals surface area contributed by atoms with E-state index in [1.165, 1.54) is 12.1 Å². The number of hydrogen-bond donors (Lipinski definition) is 4. The first-order valence-electron chi connectivity index (χ1n) is 8.07. The molecule has 11 heteroatoms. The number of phenolic OH excluding ortho intramolecular Hbond substituents is 1. The van der Waals surface area contributed by atoms with Crippen LogP contribution < -0.4 is 13.7 Å². The fourth-order valence-corrected chi connectivity index (χ4v) is 4.51. The van der Waals surface area contributed by atoms with Gasteiger partial charge in [-0.05, 0) is 42.7 Å². The molecule has 0 aliphatic carbocycles. The average Bonchev–Trinajstić information content (AvgIpc) is 2.81. The molecule has 2 aromatic rings. The molecular weight excluding hydrogens is 406 g/mol. The number of aliphatic hydroxyl groups is 1. The van der Waals surface area contributed by atoms with Crippen molar-refractivity contribution in [3.8, 4) is 5.75 Å². The molecule has 0 aromatic heterocycles. The molecule has 0 spiro atoms. The van der Waals surface area contributed by atoms with Crippen molar-refractivity contribution in [2.45, 2.75) is 13.3 Å². The third kappa shape index (κ3) is 4.31. The molecule has 4 N–H and O–H groups in total. The van der Waals surface area contributed by atoms with Crippen molar-refractivity contribution in [1.29, 1.82) is 0 Å². The van der Waals surface area contributed by atoms with Crippen LogP contribution in [-0.2, 0) is 26.7 Å². The summed E-state index contributed by atoms with van der Waals surface area (Å²) in [4.78, 5) is 0.